The molecule has 0 radical (unpaired) electrons. The van der Waals surface area contributed by atoms with E-state index in [1.165, 1.54) is 12.1 Å². The highest BCUT2D eigenvalue weighted by Crippen LogP contribution is 2.27. The van der Waals surface area contributed by atoms with Gasteiger partial charge in [0.15, 0.2) is 0 Å². The maximum atomic E-state index is 12.6. The molecule has 1 N–H and O–H groups in total. The molecule has 1 saturated heterocycles. The molecule has 2 aromatic carbocycles. The number of nitrogens with one attached hydrogen (secondary N) is 1. The number of amides is 1. The minimum atomic E-state index is -4.68. The first-order valence-corrected chi connectivity index (χ1v) is 10.3. The maximum Gasteiger partial charge on any atom is 0.341 e. The highest BCUT2D eigenvalue weighted by atomic mass is 32.2. The van der Waals surface area contributed by atoms with Crippen LogP contribution in [0, 0.1) is 0 Å². The number of rotatable bonds is 5. The van der Waals surface area contributed by atoms with Gasteiger partial charge in [0.1, 0.15) is 0 Å². The Labute approximate surface area is 162 Å². The van der Waals surface area contributed by atoms with Gasteiger partial charge in [-0.05, 0) is 43.4 Å². The number of carbonyl (C=O) groups excluding carboxylic acids is 1. The standard InChI is InChI=1S/C19H21F2N3O3S/c1-23-10-12-24(13-11-23)17-5-3-2-4-16(17)22-18(25)14-6-8-15(9-7-14)28(26,27)19(20)21/h2-9,19H,10-13H2,1H3,(H,22,25). The highest BCUT2D eigenvalue weighted by Gasteiger charge is 2.26. The van der Waals surface area contributed by atoms with Gasteiger partial charge < -0.3 is 15.1 Å². The topological polar surface area (TPSA) is 69.7 Å². The molecule has 0 unspecified atom stereocenters. The zero-order valence-corrected chi connectivity index (χ0v) is 16.1. The maximum absolute atomic E-state index is 12.6. The average Bonchev–Trinajstić information content (AvgIpc) is 2.69. The fourth-order valence-electron chi connectivity index (χ4n) is 3.00. The number of hydrogen-bond donors (Lipinski definition) is 1. The minimum absolute atomic E-state index is 0.182. The summed E-state index contributed by atoms with van der Waals surface area (Å²) in [6, 6.07) is 11.9. The van der Waals surface area contributed by atoms with Crippen LogP contribution in [0.1, 0.15) is 10.4 Å². The zero-order chi connectivity index (χ0) is 20.3. The van der Waals surface area contributed by atoms with Gasteiger partial charge in [0.05, 0.1) is 16.3 Å². The summed E-state index contributed by atoms with van der Waals surface area (Å²) in [5.74, 6) is -3.94. The molecule has 0 spiro atoms. The minimum Gasteiger partial charge on any atom is -0.367 e. The Hall–Kier alpha value is -2.52. The van der Waals surface area contributed by atoms with Crippen LogP contribution in [-0.2, 0) is 9.84 Å². The molecule has 150 valence electrons. The summed E-state index contributed by atoms with van der Waals surface area (Å²) in [5.41, 5.74) is 1.73. The first-order chi connectivity index (χ1) is 13.3. The van der Waals surface area contributed by atoms with Gasteiger partial charge in [0.2, 0.25) is 9.84 Å². The quantitative estimate of drug-likeness (QED) is 0.822. The van der Waals surface area contributed by atoms with Crippen molar-refractivity contribution in [2.24, 2.45) is 0 Å². The van der Waals surface area contributed by atoms with Crippen LogP contribution in [0.25, 0.3) is 0 Å². The van der Waals surface area contributed by atoms with Crippen molar-refractivity contribution in [1.82, 2.24) is 4.90 Å². The summed E-state index contributed by atoms with van der Waals surface area (Å²) in [7, 11) is -2.62. The van der Waals surface area contributed by atoms with Gasteiger partial charge in [-0.3, -0.25) is 4.79 Å². The number of para-hydroxylation sites is 2. The third-order valence-electron chi connectivity index (χ3n) is 4.68. The number of hydrogen-bond acceptors (Lipinski definition) is 5. The molecule has 1 heterocycles. The van der Waals surface area contributed by atoms with Crippen LogP contribution in [-0.4, -0.2) is 58.2 Å². The van der Waals surface area contributed by atoms with Crippen LogP contribution >= 0.6 is 0 Å². The Balaban J connectivity index is 1.77. The lowest BCUT2D eigenvalue weighted by Crippen LogP contribution is -2.44. The van der Waals surface area contributed by atoms with E-state index in [0.29, 0.717) is 5.69 Å². The lowest BCUT2D eigenvalue weighted by Gasteiger charge is -2.35. The molecule has 0 bridgehead atoms. The molecule has 1 aliphatic heterocycles. The number of benzene rings is 2. The number of carbonyl (C=O) groups is 1. The van der Waals surface area contributed by atoms with E-state index >= 15 is 0 Å². The monoisotopic (exact) mass is 409 g/mol. The van der Waals surface area contributed by atoms with Crippen molar-refractivity contribution in [1.29, 1.82) is 0 Å². The van der Waals surface area contributed by atoms with E-state index in [-0.39, 0.29) is 5.56 Å². The van der Waals surface area contributed by atoms with E-state index in [2.05, 4.69) is 22.2 Å². The number of likely N-dealkylation sites (N-methyl/N-ethyl adjacent to an activating group) is 1. The number of alkyl halides is 2. The molecular formula is C19H21F2N3O3S. The molecule has 0 aliphatic carbocycles. The number of sulfone groups is 1. The summed E-state index contributed by atoms with van der Waals surface area (Å²) < 4.78 is 48.2. The summed E-state index contributed by atoms with van der Waals surface area (Å²) >= 11 is 0. The van der Waals surface area contributed by atoms with Crippen LogP contribution in [0.3, 0.4) is 0 Å². The van der Waals surface area contributed by atoms with Gasteiger partial charge in [-0.1, -0.05) is 12.1 Å². The van der Waals surface area contributed by atoms with E-state index in [1.54, 1.807) is 6.07 Å². The van der Waals surface area contributed by atoms with Crippen LogP contribution in [0.2, 0.25) is 0 Å². The van der Waals surface area contributed by atoms with Gasteiger partial charge in [-0.15, -0.1) is 0 Å². The van der Waals surface area contributed by atoms with E-state index in [0.717, 1.165) is 44.0 Å². The third-order valence-corrected chi connectivity index (χ3v) is 6.07. The fourth-order valence-corrected chi connectivity index (χ4v) is 3.72. The number of halogens is 2. The first-order valence-electron chi connectivity index (χ1n) is 8.75. The molecule has 0 atom stereocenters. The summed E-state index contributed by atoms with van der Waals surface area (Å²) in [4.78, 5) is 16.5. The number of anilines is 2. The van der Waals surface area contributed by atoms with Crippen LogP contribution < -0.4 is 10.2 Å². The normalized spacial score (nSPS) is 15.6. The molecule has 1 amide bonds. The van der Waals surface area contributed by atoms with Crippen molar-refractivity contribution in [3.8, 4) is 0 Å². The van der Waals surface area contributed by atoms with Crippen molar-refractivity contribution >= 4 is 27.1 Å². The summed E-state index contributed by atoms with van der Waals surface area (Å²) in [6.07, 6.45) is 0. The molecule has 0 saturated carbocycles. The lowest BCUT2D eigenvalue weighted by atomic mass is 10.2. The van der Waals surface area contributed by atoms with Crippen molar-refractivity contribution in [2.75, 3.05) is 43.4 Å². The van der Waals surface area contributed by atoms with E-state index in [4.69, 9.17) is 0 Å². The molecule has 9 heteroatoms. The second-order valence-electron chi connectivity index (χ2n) is 6.59. The Morgan fingerprint density at radius 3 is 2.21 bits per heavy atom. The van der Waals surface area contributed by atoms with Gasteiger partial charge in [-0.2, -0.15) is 8.78 Å². The third kappa shape index (κ3) is 4.31. The average molecular weight is 409 g/mol. The second-order valence-corrected chi connectivity index (χ2v) is 8.51. The molecular weight excluding hydrogens is 388 g/mol. The fraction of sp³-hybridized carbons (Fsp3) is 0.316. The number of piperazine rings is 1. The Kier molecular flexibility index (Phi) is 5.95. The predicted octanol–water partition coefficient (Wildman–Crippen LogP) is 2.69. The summed E-state index contributed by atoms with van der Waals surface area (Å²) in [6.45, 7) is 3.51. The van der Waals surface area contributed by atoms with Crippen molar-refractivity contribution in [3.63, 3.8) is 0 Å². The van der Waals surface area contributed by atoms with E-state index in [1.807, 2.05) is 18.2 Å². The Morgan fingerprint density at radius 1 is 1.00 bits per heavy atom. The van der Waals surface area contributed by atoms with Crippen LogP contribution in [0.5, 0.6) is 0 Å². The van der Waals surface area contributed by atoms with Crippen LogP contribution in [0.15, 0.2) is 53.4 Å². The van der Waals surface area contributed by atoms with Crippen LogP contribution in [0.4, 0.5) is 20.2 Å². The van der Waals surface area contributed by atoms with E-state index in [9.17, 15) is 22.0 Å². The zero-order valence-electron chi connectivity index (χ0n) is 15.3. The number of nitrogens with zero attached hydrogens (tertiary/aromatic N) is 2. The largest absolute Gasteiger partial charge is 0.367 e. The molecule has 1 aliphatic rings. The molecule has 28 heavy (non-hydrogen) atoms. The summed E-state index contributed by atoms with van der Waals surface area (Å²) in [5, 5.41) is 2.82. The second kappa shape index (κ2) is 8.24. The molecule has 1 fully saturated rings. The predicted molar refractivity (Wildman–Crippen MR) is 104 cm³/mol. The van der Waals surface area contributed by atoms with Gasteiger partial charge >= 0.3 is 5.76 Å². The van der Waals surface area contributed by atoms with Crippen molar-refractivity contribution < 1.29 is 22.0 Å². The molecule has 2 aromatic rings. The smallest absolute Gasteiger partial charge is 0.341 e. The molecule has 3 rings (SSSR count). The molecule has 6 nitrogen and oxygen atoms in total. The van der Waals surface area contributed by atoms with Gasteiger partial charge in [0, 0.05) is 31.7 Å². The Bertz CT molecular complexity index is 941. The van der Waals surface area contributed by atoms with E-state index < -0.39 is 26.4 Å². The first kappa shape index (κ1) is 20.2. The van der Waals surface area contributed by atoms with Gasteiger partial charge in [0.25, 0.3) is 5.91 Å². The SMILES string of the molecule is CN1CCN(c2ccccc2NC(=O)c2ccc(S(=O)(=O)C(F)F)cc2)CC1. The van der Waals surface area contributed by atoms with Crippen molar-refractivity contribution in [3.05, 3.63) is 54.1 Å². The van der Waals surface area contributed by atoms with Crippen molar-refractivity contribution in [2.45, 2.75) is 10.7 Å². The lowest BCUT2D eigenvalue weighted by molar-refractivity contribution is 0.102. The Morgan fingerprint density at radius 2 is 1.61 bits per heavy atom. The molecule has 0 aromatic heterocycles. The highest BCUT2D eigenvalue weighted by molar-refractivity contribution is 7.91. The van der Waals surface area contributed by atoms with Gasteiger partial charge in [-0.25, -0.2) is 8.42 Å².